The van der Waals surface area contributed by atoms with Gasteiger partial charge in [-0.3, -0.25) is 23.9 Å². The number of carboxylic acids is 1. The number of benzene rings is 2. The summed E-state index contributed by atoms with van der Waals surface area (Å²) in [7, 11) is 6.04. The predicted octanol–water partition coefficient (Wildman–Crippen LogP) is 14.1. The number of anilines is 2. The second-order valence-corrected chi connectivity index (χ2v) is 35.0. The minimum absolute atomic E-state index is 0.00105. The first-order valence-electron chi connectivity index (χ1n) is 38.2. The van der Waals surface area contributed by atoms with Crippen LogP contribution < -0.4 is 26.7 Å². The second kappa shape index (κ2) is 34.9. The summed E-state index contributed by atoms with van der Waals surface area (Å²) in [6, 6.07) is 17.6. The van der Waals surface area contributed by atoms with Gasteiger partial charge in [0.2, 0.25) is 23.6 Å². The molecule has 22 nitrogen and oxygen atoms in total. The van der Waals surface area contributed by atoms with Crippen LogP contribution in [0.1, 0.15) is 217 Å². The molecule has 1 saturated heterocycles. The number of aromatic nitrogens is 5. The number of fused-ring (bicyclic) bond motifs is 1. The number of carboxylic acid groups (broad SMARTS) is 1. The van der Waals surface area contributed by atoms with Gasteiger partial charge < -0.3 is 56.3 Å². The number of nitrogens with zero attached hydrogens (tertiary/aromatic N) is 10. The minimum atomic E-state index is -1.16. The maximum Gasteiger partial charge on any atom is 0.355 e. The fourth-order valence-electron chi connectivity index (χ4n) is 17.9. The van der Waals surface area contributed by atoms with Gasteiger partial charge >= 0.3 is 5.97 Å². The number of likely N-dealkylation sites (N-methyl/N-ethyl adjacent to an activating group) is 1. The minimum Gasteiger partial charge on any atom is -0.476 e. The van der Waals surface area contributed by atoms with E-state index in [2.05, 4.69) is 63.6 Å². The summed E-state index contributed by atoms with van der Waals surface area (Å²) in [5, 5.41) is 41.3. The van der Waals surface area contributed by atoms with E-state index >= 15 is 0 Å². The summed E-state index contributed by atoms with van der Waals surface area (Å²) in [6.07, 6.45) is 21.4. The zero-order valence-electron chi connectivity index (χ0n) is 64.3. The molecule has 5 aliphatic rings. The predicted molar refractivity (Wildman–Crippen MR) is 420 cm³/mol. The molecule has 6 aromatic rings. The van der Waals surface area contributed by atoms with Crippen molar-refractivity contribution in [2.45, 2.75) is 234 Å². The number of pyridine rings is 1. The van der Waals surface area contributed by atoms with E-state index in [1.165, 1.54) is 11.3 Å². The number of aromatic carboxylic acids is 1. The fourth-order valence-corrected chi connectivity index (χ4v) is 19.6. The third-order valence-electron chi connectivity index (χ3n) is 22.1. The molecule has 7 N–H and O–H groups in total. The Morgan fingerprint density at radius 1 is 0.810 bits per heavy atom. The van der Waals surface area contributed by atoms with Crippen molar-refractivity contribution in [3.63, 3.8) is 0 Å². The Morgan fingerprint density at radius 3 is 2.11 bits per heavy atom. The first-order chi connectivity index (χ1) is 50.0. The maximum absolute atomic E-state index is 14.2. The second-order valence-electron chi connectivity index (χ2n) is 33.1. The molecular formula is C81H116N14O8S2. The molecule has 2 aromatic carbocycles. The van der Waals surface area contributed by atoms with Gasteiger partial charge in [-0.25, -0.2) is 19.7 Å². The van der Waals surface area contributed by atoms with E-state index < -0.39 is 29.6 Å². The number of thiazole rings is 2. The highest BCUT2D eigenvalue weighted by Crippen LogP contribution is 2.72. The third kappa shape index (κ3) is 20.5. The molecule has 4 aromatic heterocycles. The highest BCUT2D eigenvalue weighted by Gasteiger charge is 2.66. The molecule has 24 heteroatoms. The summed E-state index contributed by atoms with van der Waals surface area (Å²) in [6.45, 7) is 22.3. The van der Waals surface area contributed by atoms with Crippen molar-refractivity contribution in [2.75, 3.05) is 70.7 Å². The van der Waals surface area contributed by atoms with Crippen LogP contribution in [0.2, 0.25) is 0 Å². The maximum atomic E-state index is 14.2. The number of hydrogen-bond donors (Lipinski definition) is 6. The summed E-state index contributed by atoms with van der Waals surface area (Å²) in [5.74, 6) is 5.09. The SMILES string of the molecule is C/C(=C/C(=N\N)N(CCCCN(C)C(=O)CCCCCCCCCCCCC(=O)N[C@H](C(=O)N1C[C@H](O)C[C@H]1C(=O)N[C@@H](C)c1ccc(-c2scnc2C)cc1)C(C)(C)C)c1ccc(-c2cnn(CC34CC5(C)CC(C)(C3)CC(OCCN(C)C)(C5)C4)c2C)c(C(=O)O)n1)CNc1nc2ccccc2s1. The lowest BCUT2D eigenvalue weighted by molar-refractivity contribution is -0.248. The largest absolute Gasteiger partial charge is 0.476 e. The number of likely N-dealkylation sites (tertiary alicyclic amines) is 1. The van der Waals surface area contributed by atoms with Gasteiger partial charge in [-0.15, -0.1) is 11.3 Å². The average Bonchev–Trinajstić information content (AvgIpc) is 1.03. The van der Waals surface area contributed by atoms with Crippen molar-refractivity contribution in [3.05, 3.63) is 107 Å². The van der Waals surface area contributed by atoms with E-state index in [0.29, 0.717) is 75.6 Å². The molecule has 6 atom stereocenters. The van der Waals surface area contributed by atoms with Crippen LogP contribution in [-0.4, -0.2) is 169 Å². The lowest BCUT2D eigenvalue weighted by atomic mass is 9.39. The molecule has 4 bridgehead atoms. The number of aryl methyl sites for hydroxylation is 1. The van der Waals surface area contributed by atoms with E-state index in [0.717, 1.165) is 157 Å². The van der Waals surface area contributed by atoms with E-state index in [9.17, 15) is 34.2 Å². The first kappa shape index (κ1) is 79.9. The summed E-state index contributed by atoms with van der Waals surface area (Å²) >= 11 is 3.16. The number of β-amino-alcohol motifs (C(OH)–C–C–N with tert-alkyl or cyclic N) is 1. The number of hydrazone groups is 1. The van der Waals surface area contributed by atoms with Crippen LogP contribution in [0.3, 0.4) is 0 Å². The third-order valence-corrected chi connectivity index (χ3v) is 24.1. The average molecular weight is 1480 g/mol. The normalized spacial score (nSPS) is 22.2. The number of carbonyl (C=O) groups is 5. The Bertz CT molecular complexity index is 3990. The summed E-state index contributed by atoms with van der Waals surface area (Å²) in [5.41, 5.74) is 8.19. The Hall–Kier alpha value is -7.64. The molecule has 4 amide bonds. The number of nitrogens with two attached hydrogens (primary N) is 1. The highest BCUT2D eigenvalue weighted by atomic mass is 32.1. The number of amides is 4. The number of para-hydroxylation sites is 1. The molecular weight excluding hydrogens is 1360 g/mol. The van der Waals surface area contributed by atoms with Crippen molar-refractivity contribution in [3.8, 4) is 21.6 Å². The molecule has 11 rings (SSSR count). The van der Waals surface area contributed by atoms with Crippen LogP contribution >= 0.6 is 22.7 Å². The fraction of sp³-hybridized carbons (Fsp3) is 0.605. The van der Waals surface area contributed by atoms with E-state index in [1.807, 2.05) is 133 Å². The van der Waals surface area contributed by atoms with Crippen LogP contribution in [0.15, 0.2) is 89.1 Å². The number of amidine groups is 1. The van der Waals surface area contributed by atoms with Gasteiger partial charge in [0.15, 0.2) is 16.7 Å². The zero-order chi connectivity index (χ0) is 75.4. The number of rotatable bonds is 37. The van der Waals surface area contributed by atoms with E-state index in [-0.39, 0.29) is 70.2 Å². The smallest absolute Gasteiger partial charge is 0.355 e. The molecule has 0 radical (unpaired) electrons. The monoisotopic (exact) mass is 1480 g/mol. The summed E-state index contributed by atoms with van der Waals surface area (Å²) < 4.78 is 10.1. The van der Waals surface area contributed by atoms with Crippen LogP contribution in [0.4, 0.5) is 10.9 Å². The van der Waals surface area contributed by atoms with Gasteiger partial charge in [0.25, 0.3) is 0 Å². The van der Waals surface area contributed by atoms with Crippen LogP contribution in [0.5, 0.6) is 0 Å². The zero-order valence-corrected chi connectivity index (χ0v) is 66.0. The standard InChI is InChI=1S/C81H116N14O8S2/c1-54(43-83-76-87-63-27-23-24-28-65(63)105-76)41-67(90-82)93(66-36-35-61(70(88-66)75(101)102)62-44-85-95(57(62)4)52-80-47-78(8)46-79(9,48-80)50-81(49-78,51-80)103-40-39-91(10)11)38-26-25-37-92(12)69(98)30-22-20-18-16-14-13-15-17-19-21-29-68(97)89-72(77(5,6)7)74(100)94-45-60(96)42-64(94)73(99)86-55(2)58-31-33-59(34-32-58)71-56(3)84-53-104-71/h23-24,27-28,31-36,41,44,53,55,60,64,72,96H,13-22,25-26,29-30,37-40,42-43,45-52,82H2,1-12H3,(H,83,87)(H,86,99)(H,89,97)(H,101,102)/b54-41-,90-67+/t55-,60+,64-,72+,78?,79?,80?,81?/m0/s1. The Kier molecular flexibility index (Phi) is 26.6. The van der Waals surface area contributed by atoms with Crippen molar-refractivity contribution in [1.29, 1.82) is 0 Å². The molecule has 5 fully saturated rings. The van der Waals surface area contributed by atoms with E-state index in [4.69, 9.17) is 25.6 Å². The highest BCUT2D eigenvalue weighted by molar-refractivity contribution is 7.22. The van der Waals surface area contributed by atoms with Crippen molar-refractivity contribution in [1.82, 2.24) is 50.1 Å². The lowest BCUT2D eigenvalue weighted by Gasteiger charge is -2.69. The van der Waals surface area contributed by atoms with Gasteiger partial charge in [0.1, 0.15) is 17.9 Å². The number of unbranched alkanes of at least 4 members (excludes halogenated alkanes) is 10. The van der Waals surface area contributed by atoms with Crippen molar-refractivity contribution < 1.29 is 38.9 Å². The first-order valence-corrected chi connectivity index (χ1v) is 39.9. The molecule has 5 heterocycles. The molecule has 4 aliphatic carbocycles. The Labute approximate surface area is 629 Å². The molecule has 4 saturated carbocycles. The lowest BCUT2D eigenvalue weighted by Crippen LogP contribution is -2.64. The molecule has 2 unspecified atom stereocenters. The molecule has 1 aliphatic heterocycles. The number of ether oxygens (including phenoxy) is 1. The summed E-state index contributed by atoms with van der Waals surface area (Å²) in [4.78, 5) is 90.7. The molecule has 570 valence electrons. The quantitative estimate of drug-likeness (QED) is 0.00695. The Balaban J connectivity index is 0.657. The van der Waals surface area contributed by atoms with Gasteiger partial charge in [0.05, 0.1) is 56.8 Å². The van der Waals surface area contributed by atoms with Crippen LogP contribution in [-0.2, 0) is 30.5 Å². The number of nitrogens with one attached hydrogen (secondary N) is 3. The number of carbonyl (C=O) groups excluding carboxylic acids is 4. The van der Waals surface area contributed by atoms with Crippen molar-refractivity contribution >= 4 is 79.3 Å². The topological polar surface area (TPSA) is 279 Å². The number of hydrogen-bond acceptors (Lipinski definition) is 17. The number of aliphatic hydroxyl groups is 1. The number of aliphatic hydroxyl groups excluding tert-OH is 1. The van der Waals surface area contributed by atoms with Crippen LogP contribution in [0, 0.1) is 35.5 Å². The van der Waals surface area contributed by atoms with Crippen molar-refractivity contribution in [2.24, 2.45) is 32.6 Å². The van der Waals surface area contributed by atoms with Gasteiger partial charge in [0, 0.05) is 82.4 Å². The van der Waals surface area contributed by atoms with Gasteiger partial charge in [-0.2, -0.15) is 10.2 Å². The van der Waals surface area contributed by atoms with Crippen LogP contribution in [0.25, 0.3) is 31.8 Å². The van der Waals surface area contributed by atoms with E-state index in [1.54, 1.807) is 33.8 Å². The molecule has 105 heavy (non-hydrogen) atoms. The molecule has 0 spiro atoms. The Morgan fingerprint density at radius 2 is 1.48 bits per heavy atom. The van der Waals surface area contributed by atoms with Gasteiger partial charge in [-0.05, 0) is 169 Å². The van der Waals surface area contributed by atoms with Gasteiger partial charge in [-0.1, -0.05) is 139 Å².